The molecule has 6 nitrogen and oxygen atoms in total. The molecule has 0 unspecified atom stereocenters. The van der Waals surface area contributed by atoms with Crippen LogP contribution in [0.4, 0.5) is 0 Å². The summed E-state index contributed by atoms with van der Waals surface area (Å²) in [5, 5.41) is 17.3. The van der Waals surface area contributed by atoms with Crippen molar-refractivity contribution in [2.75, 3.05) is 7.11 Å². The third kappa shape index (κ3) is 2.73. The van der Waals surface area contributed by atoms with Crippen LogP contribution in [0.3, 0.4) is 0 Å². The topological polar surface area (TPSA) is 75.7 Å². The Labute approximate surface area is 111 Å². The van der Waals surface area contributed by atoms with Crippen molar-refractivity contribution in [1.29, 1.82) is 0 Å². The zero-order valence-electron chi connectivity index (χ0n) is 10.8. The molecule has 0 spiro atoms. The molecule has 0 amide bonds. The van der Waals surface area contributed by atoms with Gasteiger partial charge in [0.2, 0.25) is 0 Å². The number of tetrazole rings is 1. The van der Waals surface area contributed by atoms with Gasteiger partial charge in [0.25, 0.3) is 0 Å². The van der Waals surface area contributed by atoms with E-state index in [9.17, 15) is 0 Å². The Hall–Kier alpha value is -1.95. The summed E-state index contributed by atoms with van der Waals surface area (Å²) in [5.74, 6) is 2.27. The first-order chi connectivity index (χ1) is 9.35. The van der Waals surface area contributed by atoms with Crippen molar-refractivity contribution in [3.8, 4) is 5.75 Å². The van der Waals surface area contributed by atoms with Crippen molar-refractivity contribution in [3.05, 3.63) is 35.7 Å². The van der Waals surface area contributed by atoms with Gasteiger partial charge in [-0.3, -0.25) is 0 Å². The number of benzene rings is 1. The smallest absolute Gasteiger partial charge is 0.188 e. The molecule has 6 heteroatoms. The van der Waals surface area contributed by atoms with Crippen molar-refractivity contribution in [2.24, 2.45) is 0 Å². The van der Waals surface area contributed by atoms with E-state index in [4.69, 9.17) is 4.74 Å². The van der Waals surface area contributed by atoms with Gasteiger partial charge in [0.1, 0.15) is 5.75 Å². The number of hydrogen-bond donors (Lipinski definition) is 2. The first-order valence-corrected chi connectivity index (χ1v) is 6.45. The number of hydrogen-bond acceptors (Lipinski definition) is 5. The average Bonchev–Trinajstić information content (AvgIpc) is 2.91. The van der Waals surface area contributed by atoms with Crippen LogP contribution >= 0.6 is 0 Å². The van der Waals surface area contributed by atoms with Gasteiger partial charge in [0.05, 0.1) is 13.7 Å². The summed E-state index contributed by atoms with van der Waals surface area (Å²) in [4.78, 5) is 0. The van der Waals surface area contributed by atoms with Crippen molar-refractivity contribution in [3.63, 3.8) is 0 Å². The second-order valence-electron chi connectivity index (χ2n) is 4.85. The lowest BCUT2D eigenvalue weighted by molar-refractivity contribution is 0.287. The van der Waals surface area contributed by atoms with E-state index in [0.717, 1.165) is 18.6 Å². The van der Waals surface area contributed by atoms with E-state index < -0.39 is 0 Å². The van der Waals surface area contributed by atoms with Gasteiger partial charge in [0.15, 0.2) is 5.82 Å². The van der Waals surface area contributed by atoms with Gasteiger partial charge in [-0.2, -0.15) is 5.21 Å². The zero-order valence-corrected chi connectivity index (χ0v) is 10.8. The molecule has 1 saturated carbocycles. The molecule has 1 aliphatic rings. The zero-order chi connectivity index (χ0) is 13.1. The summed E-state index contributed by atoms with van der Waals surface area (Å²) < 4.78 is 5.17. The maximum atomic E-state index is 5.17. The van der Waals surface area contributed by atoms with Crippen molar-refractivity contribution in [1.82, 2.24) is 25.9 Å². The van der Waals surface area contributed by atoms with Gasteiger partial charge in [-0.25, -0.2) is 0 Å². The molecule has 0 aliphatic heterocycles. The summed E-state index contributed by atoms with van der Waals surface area (Å²) in [6.07, 6.45) is 2.31. The highest BCUT2D eigenvalue weighted by atomic mass is 16.5. The fourth-order valence-electron chi connectivity index (χ4n) is 2.43. The minimum atomic E-state index is 0.547. The molecule has 1 fully saturated rings. The lowest BCUT2D eigenvalue weighted by Gasteiger charge is -2.36. The number of nitrogens with one attached hydrogen (secondary N) is 2. The molecular formula is C13H17N5O. The normalized spacial score (nSPS) is 21.9. The largest absolute Gasteiger partial charge is 0.497 e. The van der Waals surface area contributed by atoms with Crippen molar-refractivity contribution < 1.29 is 4.74 Å². The number of methoxy groups -OCH3 is 1. The predicted molar refractivity (Wildman–Crippen MR) is 69.8 cm³/mol. The van der Waals surface area contributed by atoms with Gasteiger partial charge in [-0.1, -0.05) is 17.3 Å². The Balaban J connectivity index is 1.46. The molecule has 3 rings (SSSR count). The fourth-order valence-corrected chi connectivity index (χ4v) is 2.43. The minimum Gasteiger partial charge on any atom is -0.497 e. The third-order valence-corrected chi connectivity index (χ3v) is 3.66. The van der Waals surface area contributed by atoms with Gasteiger partial charge in [0, 0.05) is 6.04 Å². The minimum absolute atomic E-state index is 0.547. The molecule has 0 bridgehead atoms. The monoisotopic (exact) mass is 259 g/mol. The molecule has 19 heavy (non-hydrogen) atoms. The summed E-state index contributed by atoms with van der Waals surface area (Å²) in [5.41, 5.74) is 1.39. The highest BCUT2D eigenvalue weighted by molar-refractivity contribution is 5.30. The van der Waals surface area contributed by atoms with Crippen LogP contribution in [0.5, 0.6) is 5.75 Å². The number of rotatable bonds is 5. The SMILES string of the molecule is COc1ccc(C2CC(NCc3nn[nH]n3)C2)cc1. The highest BCUT2D eigenvalue weighted by Gasteiger charge is 2.29. The van der Waals surface area contributed by atoms with Gasteiger partial charge < -0.3 is 10.1 Å². The van der Waals surface area contributed by atoms with Crippen LogP contribution in [0.15, 0.2) is 24.3 Å². The quantitative estimate of drug-likeness (QED) is 0.845. The van der Waals surface area contributed by atoms with Crippen LogP contribution in [0, 0.1) is 0 Å². The van der Waals surface area contributed by atoms with E-state index in [1.54, 1.807) is 7.11 Å². The molecule has 0 saturated heterocycles. The van der Waals surface area contributed by atoms with Crippen LogP contribution in [0.25, 0.3) is 0 Å². The summed E-state index contributed by atoms with van der Waals surface area (Å²) >= 11 is 0. The number of nitrogens with zero attached hydrogens (tertiary/aromatic N) is 3. The molecule has 1 aliphatic carbocycles. The molecule has 1 heterocycles. The van der Waals surface area contributed by atoms with E-state index in [2.05, 4.69) is 38.1 Å². The molecular weight excluding hydrogens is 242 g/mol. The maximum absolute atomic E-state index is 5.17. The Morgan fingerprint density at radius 1 is 1.32 bits per heavy atom. The standard InChI is InChI=1S/C13H17N5O/c1-19-12-4-2-9(3-5-12)10-6-11(7-10)14-8-13-15-17-18-16-13/h2-5,10-11,14H,6-8H2,1H3,(H,15,16,17,18). The lowest BCUT2D eigenvalue weighted by atomic mass is 9.76. The van der Waals surface area contributed by atoms with E-state index in [1.165, 1.54) is 5.56 Å². The van der Waals surface area contributed by atoms with Crippen LogP contribution < -0.4 is 10.1 Å². The second-order valence-corrected chi connectivity index (χ2v) is 4.85. The average molecular weight is 259 g/mol. The molecule has 0 atom stereocenters. The third-order valence-electron chi connectivity index (χ3n) is 3.66. The first-order valence-electron chi connectivity index (χ1n) is 6.45. The number of aromatic nitrogens is 4. The van der Waals surface area contributed by atoms with Crippen LogP contribution in [0.2, 0.25) is 0 Å². The van der Waals surface area contributed by atoms with E-state index in [-0.39, 0.29) is 0 Å². The Morgan fingerprint density at radius 2 is 2.11 bits per heavy atom. The van der Waals surface area contributed by atoms with Crippen molar-refractivity contribution in [2.45, 2.75) is 31.3 Å². The van der Waals surface area contributed by atoms with E-state index in [0.29, 0.717) is 24.3 Å². The predicted octanol–water partition coefficient (Wildman–Crippen LogP) is 1.24. The molecule has 1 aromatic carbocycles. The van der Waals surface area contributed by atoms with Gasteiger partial charge in [-0.05, 0) is 36.5 Å². The van der Waals surface area contributed by atoms with Gasteiger partial charge in [-0.15, -0.1) is 10.2 Å². The van der Waals surface area contributed by atoms with E-state index >= 15 is 0 Å². The Bertz CT molecular complexity index is 504. The number of aromatic amines is 1. The molecule has 1 aromatic heterocycles. The highest BCUT2D eigenvalue weighted by Crippen LogP contribution is 2.37. The molecule has 0 radical (unpaired) electrons. The molecule has 2 N–H and O–H groups in total. The molecule has 2 aromatic rings. The summed E-state index contributed by atoms with van der Waals surface area (Å²) in [7, 11) is 1.69. The lowest BCUT2D eigenvalue weighted by Crippen LogP contribution is -2.39. The van der Waals surface area contributed by atoms with Crippen LogP contribution in [0.1, 0.15) is 30.1 Å². The van der Waals surface area contributed by atoms with Gasteiger partial charge >= 0.3 is 0 Å². The van der Waals surface area contributed by atoms with E-state index in [1.807, 2.05) is 12.1 Å². The summed E-state index contributed by atoms with van der Waals surface area (Å²) in [6.45, 7) is 0.677. The van der Waals surface area contributed by atoms with Crippen LogP contribution in [-0.4, -0.2) is 33.8 Å². The first kappa shape index (κ1) is 12.1. The number of H-pyrrole nitrogens is 1. The summed E-state index contributed by atoms with van der Waals surface area (Å²) in [6, 6.07) is 8.90. The Morgan fingerprint density at radius 3 is 2.74 bits per heavy atom. The Kier molecular flexibility index (Phi) is 3.41. The van der Waals surface area contributed by atoms with Crippen molar-refractivity contribution >= 4 is 0 Å². The van der Waals surface area contributed by atoms with Crippen LogP contribution in [-0.2, 0) is 6.54 Å². The molecule has 100 valence electrons. The second kappa shape index (κ2) is 5.36. The maximum Gasteiger partial charge on any atom is 0.188 e. The number of ether oxygens (including phenoxy) is 1. The fraction of sp³-hybridized carbons (Fsp3) is 0.462.